The second kappa shape index (κ2) is 5.92. The fourth-order valence-corrected chi connectivity index (χ4v) is 2.83. The van der Waals surface area contributed by atoms with E-state index in [4.69, 9.17) is 0 Å². The van der Waals surface area contributed by atoms with Crippen LogP contribution in [-0.4, -0.2) is 53.0 Å². The molecular weight excluding hydrogens is 127 g/mol. The molecule has 0 atom stereocenters. The molecule has 1 aliphatic rings. The van der Waals surface area contributed by atoms with Gasteiger partial charge in [-0.25, -0.2) is 0 Å². The fourth-order valence-electron chi connectivity index (χ4n) is 1.06. The molecule has 0 bridgehead atoms. The van der Waals surface area contributed by atoms with Crippen molar-refractivity contribution in [1.82, 2.24) is 0 Å². The van der Waals surface area contributed by atoms with Crippen LogP contribution in [0.1, 0.15) is 22.1 Å². The average molecular weight is 140 g/mol. The third-order valence-corrected chi connectivity index (χ3v) is 3.50. The summed E-state index contributed by atoms with van der Waals surface area (Å²) in [5, 5.41) is 3.28. The normalized spacial score (nSPS) is 19.4. The van der Waals surface area contributed by atoms with E-state index in [1.807, 2.05) is 0 Å². The van der Waals surface area contributed by atoms with Crippen molar-refractivity contribution in [3.63, 3.8) is 0 Å². The third kappa shape index (κ3) is 4.31. The van der Waals surface area contributed by atoms with Crippen LogP contribution in [0.2, 0.25) is 10.6 Å². The molecule has 0 radical (unpaired) electrons. The number of rotatable bonds is 0. The maximum absolute atomic E-state index is 1.64. The monoisotopic (exact) mass is 140 g/mol. The smallest absolute Gasteiger partial charge is 1.00 e. The molecule has 0 aliphatic carbocycles. The second-order valence-electron chi connectivity index (χ2n) is 2.12. The SMILES string of the molecule is C1C[CH2][AlH][CH2]C1.[Ca+2].[H-].[H-]. The molecule has 1 saturated heterocycles. The van der Waals surface area contributed by atoms with Crippen LogP contribution in [0.4, 0.5) is 0 Å². The first-order valence-electron chi connectivity index (χ1n) is 3.00. The van der Waals surface area contributed by atoms with Gasteiger partial charge in [-0.05, 0) is 0 Å². The minimum atomic E-state index is 0. The van der Waals surface area contributed by atoms with Crippen molar-refractivity contribution in [3.8, 4) is 0 Å². The molecule has 1 heterocycles. The van der Waals surface area contributed by atoms with Gasteiger partial charge in [0.05, 0.1) is 0 Å². The molecular formula is C5H13AlCa. The molecule has 0 amide bonds. The second-order valence-corrected chi connectivity index (χ2v) is 4.24. The van der Waals surface area contributed by atoms with Crippen LogP contribution in [0.5, 0.6) is 0 Å². The topological polar surface area (TPSA) is 0 Å². The molecule has 1 fully saturated rings. The first-order valence-corrected chi connectivity index (χ1v) is 5.00. The Morgan fingerprint density at radius 1 is 1.00 bits per heavy atom. The van der Waals surface area contributed by atoms with Crippen LogP contribution < -0.4 is 0 Å². The zero-order valence-electron chi connectivity index (χ0n) is 6.95. The van der Waals surface area contributed by atoms with E-state index in [0.717, 1.165) is 0 Å². The van der Waals surface area contributed by atoms with Crippen molar-refractivity contribution in [2.45, 2.75) is 29.8 Å². The van der Waals surface area contributed by atoms with Crippen molar-refractivity contribution in [2.24, 2.45) is 0 Å². The molecule has 0 aromatic rings. The quantitative estimate of drug-likeness (QED) is 0.445. The van der Waals surface area contributed by atoms with E-state index in [9.17, 15) is 0 Å². The number of hydrogen-bond donors (Lipinski definition) is 0. The van der Waals surface area contributed by atoms with Gasteiger partial charge in [-0.2, -0.15) is 0 Å². The Balaban J connectivity index is -0.000000120. The van der Waals surface area contributed by atoms with Gasteiger partial charge in [-0.1, -0.05) is 29.8 Å². The van der Waals surface area contributed by atoms with Gasteiger partial charge in [0, 0.05) is 0 Å². The molecule has 1 aliphatic heterocycles. The van der Waals surface area contributed by atoms with Crippen molar-refractivity contribution in [2.75, 3.05) is 0 Å². The minimum Gasteiger partial charge on any atom is -1.00 e. The maximum Gasteiger partial charge on any atom is 2.00 e. The van der Waals surface area contributed by atoms with Gasteiger partial charge in [0.2, 0.25) is 15.2 Å². The summed E-state index contributed by atoms with van der Waals surface area (Å²) in [5.74, 6) is 0. The third-order valence-electron chi connectivity index (χ3n) is 1.50. The molecule has 0 aromatic heterocycles. The summed E-state index contributed by atoms with van der Waals surface area (Å²) in [7, 11) is 0. The molecule has 0 nitrogen and oxygen atoms in total. The predicted octanol–water partition coefficient (Wildman–Crippen LogP) is 1.29. The first-order chi connectivity index (χ1) is 3.00. The summed E-state index contributed by atoms with van der Waals surface area (Å²) in [5.41, 5.74) is 0. The van der Waals surface area contributed by atoms with E-state index >= 15 is 0 Å². The van der Waals surface area contributed by atoms with Crippen LogP contribution in [0.25, 0.3) is 0 Å². The van der Waals surface area contributed by atoms with E-state index < -0.39 is 0 Å². The van der Waals surface area contributed by atoms with Crippen molar-refractivity contribution >= 4 is 53.0 Å². The van der Waals surface area contributed by atoms with Crippen LogP contribution >= 0.6 is 0 Å². The van der Waals surface area contributed by atoms with Crippen molar-refractivity contribution in [3.05, 3.63) is 0 Å². The van der Waals surface area contributed by atoms with Gasteiger partial charge in [0.1, 0.15) is 0 Å². The summed E-state index contributed by atoms with van der Waals surface area (Å²) in [6.07, 6.45) is 4.66. The molecule has 0 saturated carbocycles. The van der Waals surface area contributed by atoms with Crippen LogP contribution in [0, 0.1) is 0 Å². The molecule has 0 spiro atoms. The van der Waals surface area contributed by atoms with Gasteiger partial charge in [0.15, 0.2) is 0 Å². The zero-order valence-corrected chi connectivity index (χ0v) is 8.57. The molecule has 2 heteroatoms. The maximum atomic E-state index is 1.64. The largest absolute Gasteiger partial charge is 2.00 e. The van der Waals surface area contributed by atoms with Crippen LogP contribution in [-0.2, 0) is 0 Å². The predicted molar refractivity (Wildman–Crippen MR) is 38.6 cm³/mol. The van der Waals surface area contributed by atoms with Crippen LogP contribution in [0.3, 0.4) is 0 Å². The van der Waals surface area contributed by atoms with Gasteiger partial charge in [-0.3, -0.25) is 0 Å². The van der Waals surface area contributed by atoms with Gasteiger partial charge < -0.3 is 2.85 Å². The Morgan fingerprint density at radius 3 is 1.71 bits per heavy atom. The Kier molecular flexibility index (Phi) is 7.44. The van der Waals surface area contributed by atoms with E-state index in [2.05, 4.69) is 0 Å². The molecule has 0 N–H and O–H groups in total. The molecule has 1 rings (SSSR count). The summed E-state index contributed by atoms with van der Waals surface area (Å²) in [4.78, 5) is 0. The Labute approximate surface area is 84.7 Å². The Morgan fingerprint density at radius 2 is 1.57 bits per heavy atom. The molecule has 0 aromatic carbocycles. The molecule has 38 valence electrons. The first kappa shape index (κ1) is 8.79. The van der Waals surface area contributed by atoms with E-state index in [0.29, 0.717) is 15.2 Å². The average Bonchev–Trinajstić information content (AvgIpc) is 1.72. The van der Waals surface area contributed by atoms with Crippen molar-refractivity contribution < 1.29 is 2.85 Å². The van der Waals surface area contributed by atoms with Crippen LogP contribution in [0.15, 0.2) is 0 Å². The van der Waals surface area contributed by atoms with E-state index in [1.165, 1.54) is 6.42 Å². The van der Waals surface area contributed by atoms with E-state index in [1.54, 1.807) is 23.4 Å². The summed E-state index contributed by atoms with van der Waals surface area (Å²) in [6, 6.07) is 0. The number of hydrogen-bond acceptors (Lipinski definition) is 0. The van der Waals surface area contributed by atoms with Gasteiger partial charge in [0.25, 0.3) is 0 Å². The Hall–Kier alpha value is 1.79. The van der Waals surface area contributed by atoms with Gasteiger partial charge >= 0.3 is 37.7 Å². The summed E-state index contributed by atoms with van der Waals surface area (Å²) >= 11 is 0.508. The minimum absolute atomic E-state index is 0. The summed E-state index contributed by atoms with van der Waals surface area (Å²) < 4.78 is 0. The molecule has 7 heavy (non-hydrogen) atoms. The Bertz CT molecular complexity index is 30.4. The fraction of sp³-hybridized carbons (Fsp3) is 1.00. The van der Waals surface area contributed by atoms with Gasteiger partial charge in [-0.15, -0.1) is 0 Å². The summed E-state index contributed by atoms with van der Waals surface area (Å²) in [6.45, 7) is 0. The molecule has 0 unspecified atom stereocenters. The van der Waals surface area contributed by atoms with E-state index in [-0.39, 0.29) is 40.6 Å². The zero-order chi connectivity index (χ0) is 4.24. The van der Waals surface area contributed by atoms with Crippen molar-refractivity contribution in [1.29, 1.82) is 0 Å². The standard InChI is InChI=1S/C5H10.Al.Ca.3H/c1-3-5-4-2;;;;;/h1-5H2;;;;;/q;;+2;;2*-1.